The number of nitrogens with zero attached hydrogens (tertiary/aromatic N) is 4. The van der Waals surface area contributed by atoms with Crippen LogP contribution in [0.2, 0.25) is 0 Å². The average Bonchev–Trinajstić information content (AvgIpc) is 3.33. The second kappa shape index (κ2) is 8.65. The second-order valence-corrected chi connectivity index (χ2v) is 8.23. The molecule has 0 saturated carbocycles. The molecule has 4 rings (SSSR count). The number of carbonyl (C=O) groups is 1. The number of benzene rings is 1. The third kappa shape index (κ3) is 4.04. The molecule has 3 heterocycles. The predicted molar refractivity (Wildman–Crippen MR) is 120 cm³/mol. The summed E-state index contributed by atoms with van der Waals surface area (Å²) in [6.45, 7) is 8.03. The van der Waals surface area contributed by atoms with Crippen LogP contribution in [0, 0.1) is 11.3 Å². The van der Waals surface area contributed by atoms with Crippen LogP contribution in [0.25, 0.3) is 11.1 Å². The van der Waals surface area contributed by atoms with Crippen molar-refractivity contribution in [3.63, 3.8) is 0 Å². The Labute approximate surface area is 182 Å². The normalized spacial score (nSPS) is 16.4. The summed E-state index contributed by atoms with van der Waals surface area (Å²) in [5.74, 6) is 0.903. The van der Waals surface area contributed by atoms with Crippen LogP contribution in [0.5, 0.6) is 0 Å². The van der Waals surface area contributed by atoms with E-state index in [2.05, 4.69) is 24.8 Å². The predicted octanol–water partition coefficient (Wildman–Crippen LogP) is 4.69. The summed E-state index contributed by atoms with van der Waals surface area (Å²) in [7, 11) is 0. The number of aromatic nitrogens is 1. The zero-order chi connectivity index (χ0) is 22.0. The van der Waals surface area contributed by atoms with Gasteiger partial charge in [0, 0.05) is 36.9 Å². The van der Waals surface area contributed by atoms with Gasteiger partial charge in [-0.15, -0.1) is 0 Å². The van der Waals surface area contributed by atoms with Crippen molar-refractivity contribution < 1.29 is 9.21 Å². The lowest BCUT2D eigenvalue weighted by Gasteiger charge is -2.40. The van der Waals surface area contributed by atoms with Gasteiger partial charge in [0.05, 0.1) is 11.8 Å². The SMILES string of the molecule is CC(C)c1cc(-c2ccccc2)c(C#N)c(N2CCN(C(=O)c3ccoc3)[C@@H](C)C2)n1. The van der Waals surface area contributed by atoms with Crippen molar-refractivity contribution in [1.29, 1.82) is 5.26 Å². The first kappa shape index (κ1) is 20.7. The van der Waals surface area contributed by atoms with Gasteiger partial charge in [-0.05, 0) is 30.5 Å². The van der Waals surface area contributed by atoms with Crippen LogP contribution in [0.15, 0.2) is 59.4 Å². The fourth-order valence-corrected chi connectivity index (χ4v) is 4.03. The molecule has 0 aliphatic carbocycles. The van der Waals surface area contributed by atoms with E-state index >= 15 is 0 Å². The number of rotatable bonds is 4. The van der Waals surface area contributed by atoms with Crippen molar-refractivity contribution >= 4 is 11.7 Å². The number of hydrogen-bond donors (Lipinski definition) is 0. The molecular weight excluding hydrogens is 388 g/mol. The lowest BCUT2D eigenvalue weighted by molar-refractivity contribution is 0.0673. The Morgan fingerprint density at radius 3 is 2.61 bits per heavy atom. The maximum absolute atomic E-state index is 12.8. The van der Waals surface area contributed by atoms with E-state index in [9.17, 15) is 10.1 Å². The van der Waals surface area contributed by atoms with Crippen molar-refractivity contribution in [2.75, 3.05) is 24.5 Å². The van der Waals surface area contributed by atoms with E-state index in [-0.39, 0.29) is 17.9 Å². The quantitative estimate of drug-likeness (QED) is 0.619. The fourth-order valence-electron chi connectivity index (χ4n) is 4.03. The van der Waals surface area contributed by atoms with Crippen LogP contribution in [0.1, 0.15) is 48.3 Å². The van der Waals surface area contributed by atoms with Crippen molar-refractivity contribution in [3.8, 4) is 17.2 Å². The largest absolute Gasteiger partial charge is 0.472 e. The molecule has 0 bridgehead atoms. The highest BCUT2D eigenvalue weighted by atomic mass is 16.3. The Bertz CT molecular complexity index is 1100. The van der Waals surface area contributed by atoms with Gasteiger partial charge in [0.2, 0.25) is 0 Å². The summed E-state index contributed by atoms with van der Waals surface area (Å²) in [5, 5.41) is 10.1. The second-order valence-electron chi connectivity index (χ2n) is 8.23. The summed E-state index contributed by atoms with van der Waals surface area (Å²) >= 11 is 0. The van der Waals surface area contributed by atoms with E-state index in [1.165, 1.54) is 12.5 Å². The molecule has 0 radical (unpaired) electrons. The van der Waals surface area contributed by atoms with Crippen LogP contribution in [-0.2, 0) is 0 Å². The number of nitriles is 1. The van der Waals surface area contributed by atoms with Crippen LogP contribution in [0.4, 0.5) is 5.82 Å². The number of hydrogen-bond acceptors (Lipinski definition) is 5. The van der Waals surface area contributed by atoms with Gasteiger partial charge < -0.3 is 14.2 Å². The maximum Gasteiger partial charge on any atom is 0.257 e. The molecule has 0 unspecified atom stereocenters. The molecule has 6 heteroatoms. The summed E-state index contributed by atoms with van der Waals surface area (Å²) < 4.78 is 5.07. The first-order chi connectivity index (χ1) is 15.0. The summed E-state index contributed by atoms with van der Waals surface area (Å²) in [6.07, 6.45) is 2.99. The molecule has 1 saturated heterocycles. The molecule has 1 aliphatic heterocycles. The highest BCUT2D eigenvalue weighted by molar-refractivity contribution is 5.94. The van der Waals surface area contributed by atoms with E-state index in [0.717, 1.165) is 16.8 Å². The number of amides is 1. The topological polar surface area (TPSA) is 73.4 Å². The zero-order valence-corrected chi connectivity index (χ0v) is 18.1. The molecule has 158 valence electrons. The Morgan fingerprint density at radius 2 is 2.00 bits per heavy atom. The van der Waals surface area contributed by atoms with Crippen LogP contribution < -0.4 is 4.90 Å². The minimum absolute atomic E-state index is 0.0209. The van der Waals surface area contributed by atoms with Crippen molar-refractivity contribution in [1.82, 2.24) is 9.88 Å². The first-order valence-corrected chi connectivity index (χ1v) is 10.6. The van der Waals surface area contributed by atoms with Crippen molar-refractivity contribution in [2.45, 2.75) is 32.7 Å². The lowest BCUT2D eigenvalue weighted by atomic mass is 9.97. The molecule has 0 N–H and O–H groups in total. The molecule has 1 aliphatic rings. The highest BCUT2D eigenvalue weighted by Crippen LogP contribution is 2.33. The molecule has 1 atom stereocenters. The van der Waals surface area contributed by atoms with Gasteiger partial charge in [0.15, 0.2) is 0 Å². The van der Waals surface area contributed by atoms with Crippen LogP contribution >= 0.6 is 0 Å². The number of furan rings is 1. The molecule has 1 amide bonds. The third-order valence-corrected chi connectivity index (χ3v) is 5.76. The van der Waals surface area contributed by atoms with Gasteiger partial charge in [0.1, 0.15) is 23.7 Å². The van der Waals surface area contributed by atoms with Crippen LogP contribution in [0.3, 0.4) is 0 Å². The Kier molecular flexibility index (Phi) is 5.77. The zero-order valence-electron chi connectivity index (χ0n) is 18.1. The van der Waals surface area contributed by atoms with E-state index in [1.807, 2.05) is 48.2 Å². The van der Waals surface area contributed by atoms with E-state index in [0.29, 0.717) is 36.6 Å². The highest BCUT2D eigenvalue weighted by Gasteiger charge is 2.31. The van der Waals surface area contributed by atoms with Crippen molar-refractivity contribution in [2.24, 2.45) is 0 Å². The van der Waals surface area contributed by atoms with E-state index < -0.39 is 0 Å². The average molecular weight is 415 g/mol. The van der Waals surface area contributed by atoms with Crippen molar-refractivity contribution in [3.05, 3.63) is 71.8 Å². The van der Waals surface area contributed by atoms with Gasteiger partial charge in [-0.1, -0.05) is 44.2 Å². The fraction of sp³-hybridized carbons (Fsp3) is 0.320. The summed E-state index contributed by atoms with van der Waals surface area (Å²) in [4.78, 5) is 21.7. The van der Waals surface area contributed by atoms with Gasteiger partial charge >= 0.3 is 0 Å². The molecule has 0 spiro atoms. The minimum Gasteiger partial charge on any atom is -0.472 e. The van der Waals surface area contributed by atoms with E-state index in [4.69, 9.17) is 9.40 Å². The first-order valence-electron chi connectivity index (χ1n) is 10.6. The van der Waals surface area contributed by atoms with Crippen LogP contribution in [-0.4, -0.2) is 41.5 Å². The molecule has 1 fully saturated rings. The molecule has 6 nitrogen and oxygen atoms in total. The monoisotopic (exact) mass is 414 g/mol. The van der Waals surface area contributed by atoms with E-state index in [1.54, 1.807) is 6.07 Å². The van der Waals surface area contributed by atoms with Gasteiger partial charge in [-0.3, -0.25) is 4.79 Å². The smallest absolute Gasteiger partial charge is 0.257 e. The number of anilines is 1. The Morgan fingerprint density at radius 1 is 1.23 bits per heavy atom. The standard InChI is InChI=1S/C25H26N4O2/c1-17(2)23-13-21(19-7-5-4-6-8-19)22(14-26)24(27-23)28-10-11-29(18(3)15-28)25(30)20-9-12-31-16-20/h4-9,12-13,16-18H,10-11,15H2,1-3H3/t18-/m0/s1. The third-order valence-electron chi connectivity index (χ3n) is 5.76. The molecule has 3 aromatic rings. The summed E-state index contributed by atoms with van der Waals surface area (Å²) in [6, 6.07) is 16.1. The molecule has 1 aromatic carbocycles. The Balaban J connectivity index is 1.69. The van der Waals surface area contributed by atoms with Gasteiger partial charge in [-0.25, -0.2) is 4.98 Å². The molecule has 2 aromatic heterocycles. The maximum atomic E-state index is 12.8. The lowest BCUT2D eigenvalue weighted by Crippen LogP contribution is -2.54. The molecular formula is C25H26N4O2. The van der Waals surface area contributed by atoms with Gasteiger partial charge in [-0.2, -0.15) is 5.26 Å². The summed E-state index contributed by atoms with van der Waals surface area (Å²) in [5.41, 5.74) is 4.01. The number of pyridine rings is 1. The number of piperazine rings is 1. The molecule has 31 heavy (non-hydrogen) atoms. The number of carbonyl (C=O) groups excluding carboxylic acids is 1. The van der Waals surface area contributed by atoms with Gasteiger partial charge in [0.25, 0.3) is 5.91 Å². The Hall–Kier alpha value is -3.59. The minimum atomic E-state index is -0.0322.